The van der Waals surface area contributed by atoms with Gasteiger partial charge in [-0.15, -0.1) is 0 Å². The number of ether oxygens (including phenoxy) is 2. The summed E-state index contributed by atoms with van der Waals surface area (Å²) in [7, 11) is 0. The van der Waals surface area contributed by atoms with Crippen molar-refractivity contribution in [2.75, 3.05) is 25.1 Å². The van der Waals surface area contributed by atoms with Crippen molar-refractivity contribution in [2.24, 2.45) is 11.8 Å². The van der Waals surface area contributed by atoms with Gasteiger partial charge in [0.05, 0.1) is 35.3 Å². The molecular formula is C22H27ClN2O6. The van der Waals surface area contributed by atoms with E-state index in [-0.39, 0.29) is 25.7 Å². The van der Waals surface area contributed by atoms with Crippen LogP contribution in [0.15, 0.2) is 18.2 Å². The Morgan fingerprint density at radius 3 is 2.87 bits per heavy atom. The number of hydrogen-bond donors (Lipinski definition) is 2. The number of nitrogens with one attached hydrogen (secondary N) is 1. The predicted molar refractivity (Wildman–Crippen MR) is 112 cm³/mol. The number of para-hydroxylation sites is 1. The lowest BCUT2D eigenvalue weighted by molar-refractivity contribution is -0.154. The van der Waals surface area contributed by atoms with Crippen LogP contribution in [0.3, 0.4) is 0 Å². The van der Waals surface area contributed by atoms with Gasteiger partial charge in [0.25, 0.3) is 0 Å². The molecular weight excluding hydrogens is 424 g/mol. The summed E-state index contributed by atoms with van der Waals surface area (Å²) in [6, 6.07) is 4.39. The maximum absolute atomic E-state index is 13.5. The molecule has 31 heavy (non-hydrogen) atoms. The Labute approximate surface area is 185 Å². The minimum absolute atomic E-state index is 0.121. The summed E-state index contributed by atoms with van der Waals surface area (Å²) >= 11 is 6.30. The molecule has 3 aliphatic rings. The maximum atomic E-state index is 13.5. The molecule has 3 fully saturated rings. The van der Waals surface area contributed by atoms with Gasteiger partial charge in [0.2, 0.25) is 11.8 Å². The van der Waals surface area contributed by atoms with Crippen molar-refractivity contribution in [1.82, 2.24) is 4.90 Å². The fourth-order valence-corrected chi connectivity index (χ4v) is 5.69. The van der Waals surface area contributed by atoms with Gasteiger partial charge >= 0.3 is 5.97 Å². The minimum Gasteiger partial charge on any atom is -0.466 e. The number of aliphatic hydroxyl groups is 1. The third-order valence-corrected chi connectivity index (χ3v) is 6.95. The summed E-state index contributed by atoms with van der Waals surface area (Å²) in [6.07, 6.45) is 0.955. The number of hydrogen-bond acceptors (Lipinski definition) is 6. The lowest BCUT2D eigenvalue weighted by Crippen LogP contribution is -2.53. The Balaban J connectivity index is 1.70. The Morgan fingerprint density at radius 1 is 1.42 bits per heavy atom. The van der Waals surface area contributed by atoms with Gasteiger partial charge in [0.15, 0.2) is 0 Å². The first kappa shape index (κ1) is 22.0. The van der Waals surface area contributed by atoms with Crippen molar-refractivity contribution in [3.63, 3.8) is 0 Å². The highest BCUT2D eigenvalue weighted by atomic mass is 35.5. The van der Waals surface area contributed by atoms with Crippen molar-refractivity contribution in [2.45, 2.75) is 50.9 Å². The Hall–Kier alpha value is -2.16. The highest BCUT2D eigenvalue weighted by Gasteiger charge is 2.74. The zero-order valence-electron chi connectivity index (χ0n) is 17.6. The third-order valence-electron chi connectivity index (χ3n) is 6.63. The normalized spacial score (nSPS) is 31.1. The van der Waals surface area contributed by atoms with E-state index in [4.69, 9.17) is 21.1 Å². The number of aliphatic hydroxyl groups excluding tert-OH is 1. The van der Waals surface area contributed by atoms with Crippen molar-refractivity contribution >= 4 is 35.1 Å². The van der Waals surface area contributed by atoms with Gasteiger partial charge in [-0.1, -0.05) is 23.7 Å². The topological polar surface area (TPSA) is 105 Å². The molecule has 1 aromatic carbocycles. The summed E-state index contributed by atoms with van der Waals surface area (Å²) < 4.78 is 11.5. The summed E-state index contributed by atoms with van der Waals surface area (Å²) in [5.41, 5.74) is 0.189. The Bertz CT molecular complexity index is 888. The van der Waals surface area contributed by atoms with E-state index in [1.54, 1.807) is 19.1 Å². The fourth-order valence-electron chi connectivity index (χ4n) is 5.42. The van der Waals surface area contributed by atoms with Crippen LogP contribution in [0.4, 0.5) is 5.69 Å². The smallest absolute Gasteiger partial charge is 0.312 e. The van der Waals surface area contributed by atoms with Crippen LogP contribution in [0.5, 0.6) is 0 Å². The van der Waals surface area contributed by atoms with Gasteiger partial charge in [-0.3, -0.25) is 14.4 Å². The number of nitrogens with zero attached hydrogens (tertiary/aromatic N) is 1. The lowest BCUT2D eigenvalue weighted by Gasteiger charge is -2.33. The minimum atomic E-state index is -1.09. The largest absolute Gasteiger partial charge is 0.466 e. The molecule has 2 unspecified atom stereocenters. The molecule has 0 radical (unpaired) electrons. The molecule has 5 atom stereocenters. The number of anilines is 1. The number of aryl methyl sites for hydroxylation is 1. The quantitative estimate of drug-likeness (QED) is 0.615. The Kier molecular flexibility index (Phi) is 5.98. The third kappa shape index (κ3) is 3.41. The molecule has 168 valence electrons. The molecule has 3 aliphatic heterocycles. The van der Waals surface area contributed by atoms with Crippen LogP contribution in [0, 0.1) is 18.8 Å². The number of benzene rings is 1. The van der Waals surface area contributed by atoms with Gasteiger partial charge < -0.3 is 24.8 Å². The molecule has 1 aromatic rings. The van der Waals surface area contributed by atoms with Crippen LogP contribution in [0.2, 0.25) is 5.02 Å². The van der Waals surface area contributed by atoms with Crippen molar-refractivity contribution < 1.29 is 29.0 Å². The molecule has 2 N–H and O–H groups in total. The van der Waals surface area contributed by atoms with E-state index in [0.717, 1.165) is 5.56 Å². The first-order valence-corrected chi connectivity index (χ1v) is 11.0. The van der Waals surface area contributed by atoms with Crippen LogP contribution in [0.25, 0.3) is 0 Å². The van der Waals surface area contributed by atoms with Gasteiger partial charge in [0.1, 0.15) is 11.6 Å². The second kappa shape index (κ2) is 8.41. The van der Waals surface area contributed by atoms with Crippen LogP contribution in [-0.2, 0) is 23.9 Å². The number of esters is 1. The zero-order chi connectivity index (χ0) is 22.3. The molecule has 0 aromatic heterocycles. The molecule has 3 saturated heterocycles. The van der Waals surface area contributed by atoms with Gasteiger partial charge in [0, 0.05) is 13.2 Å². The number of fused-ring (bicyclic) bond motifs is 1. The number of carbonyl (C=O) groups excluding carboxylic acids is 3. The first-order valence-electron chi connectivity index (χ1n) is 10.7. The van der Waals surface area contributed by atoms with E-state index in [1.807, 2.05) is 13.0 Å². The SMILES string of the molecule is CCOC(=O)[C@@H]1[C@@H]2CCC3(O2)C(C(=O)Nc2c(C)cccc2Cl)N(CCCO)C(=O)[C@H]13. The van der Waals surface area contributed by atoms with Gasteiger partial charge in [-0.25, -0.2) is 0 Å². The van der Waals surface area contributed by atoms with Crippen molar-refractivity contribution in [3.05, 3.63) is 28.8 Å². The van der Waals surface area contributed by atoms with Crippen LogP contribution in [0.1, 0.15) is 31.7 Å². The Morgan fingerprint density at radius 2 is 2.19 bits per heavy atom. The van der Waals surface area contributed by atoms with Crippen molar-refractivity contribution in [3.8, 4) is 0 Å². The number of amides is 2. The van der Waals surface area contributed by atoms with E-state index in [1.165, 1.54) is 4.90 Å². The van der Waals surface area contributed by atoms with E-state index in [2.05, 4.69) is 5.32 Å². The standard InChI is InChI=1S/C22H27ClN2O6/c1-3-30-21(29)15-14-8-9-22(31-14)16(15)20(28)25(10-5-11-26)18(22)19(27)24-17-12(2)6-4-7-13(17)23/h4,6-7,14-16,18,26H,3,5,8-11H2,1-2H3,(H,24,27)/t14-,15+,16-,18?,22?/m0/s1. The summed E-state index contributed by atoms with van der Waals surface area (Å²) in [6.45, 7) is 3.83. The predicted octanol–water partition coefficient (Wildman–Crippen LogP) is 1.91. The first-order chi connectivity index (χ1) is 14.9. The number of halogens is 1. The second-order valence-corrected chi connectivity index (χ2v) is 8.74. The molecule has 2 bridgehead atoms. The van der Waals surface area contributed by atoms with Crippen LogP contribution in [-0.4, -0.2) is 65.3 Å². The molecule has 4 rings (SSSR count). The van der Waals surface area contributed by atoms with E-state index in [9.17, 15) is 19.5 Å². The second-order valence-electron chi connectivity index (χ2n) is 8.34. The fraction of sp³-hybridized carbons (Fsp3) is 0.591. The molecule has 3 heterocycles. The molecule has 9 heteroatoms. The van der Waals surface area contributed by atoms with Gasteiger partial charge in [-0.05, 0) is 44.7 Å². The van der Waals surface area contributed by atoms with E-state index < -0.39 is 41.5 Å². The average molecular weight is 451 g/mol. The summed E-state index contributed by atoms with van der Waals surface area (Å²) in [5.74, 6) is -2.66. The molecule has 8 nitrogen and oxygen atoms in total. The highest BCUT2D eigenvalue weighted by molar-refractivity contribution is 6.34. The molecule has 1 spiro atoms. The monoisotopic (exact) mass is 450 g/mol. The number of carbonyl (C=O) groups is 3. The summed E-state index contributed by atoms with van der Waals surface area (Å²) in [5, 5.41) is 12.6. The maximum Gasteiger partial charge on any atom is 0.312 e. The molecule has 0 aliphatic carbocycles. The number of likely N-dealkylation sites (tertiary alicyclic amines) is 1. The van der Waals surface area contributed by atoms with E-state index >= 15 is 0 Å². The molecule has 0 saturated carbocycles. The van der Waals surface area contributed by atoms with Crippen LogP contribution >= 0.6 is 11.6 Å². The summed E-state index contributed by atoms with van der Waals surface area (Å²) in [4.78, 5) is 41.1. The van der Waals surface area contributed by atoms with Crippen LogP contribution < -0.4 is 5.32 Å². The van der Waals surface area contributed by atoms with Gasteiger partial charge in [-0.2, -0.15) is 0 Å². The molecule has 2 amide bonds. The van der Waals surface area contributed by atoms with Crippen molar-refractivity contribution in [1.29, 1.82) is 0 Å². The zero-order valence-corrected chi connectivity index (χ0v) is 18.4. The lowest BCUT2D eigenvalue weighted by atomic mass is 9.71. The highest BCUT2D eigenvalue weighted by Crippen LogP contribution is 2.58. The van der Waals surface area contributed by atoms with E-state index in [0.29, 0.717) is 30.0 Å². The number of rotatable bonds is 7. The average Bonchev–Trinajstić information content (AvgIpc) is 3.37.